The van der Waals surface area contributed by atoms with Gasteiger partial charge in [0.15, 0.2) is 0 Å². The van der Waals surface area contributed by atoms with E-state index in [1.54, 1.807) is 6.07 Å². The molecule has 0 aliphatic rings. The molecule has 0 fully saturated rings. The van der Waals surface area contributed by atoms with Gasteiger partial charge >= 0.3 is 0 Å². The Bertz CT molecular complexity index is 398. The fourth-order valence-corrected chi connectivity index (χ4v) is 1.33. The lowest BCUT2D eigenvalue weighted by atomic mass is 10.2. The largest absolute Gasteiger partial charge is 0.328 e. The molecule has 0 unspecified atom stereocenters. The molecule has 0 bridgehead atoms. The molecule has 78 valence electrons. The number of terminal acetylenes is 1. The second kappa shape index (κ2) is 5.38. The minimum atomic E-state index is -0.187. The van der Waals surface area contributed by atoms with Crippen LogP contribution in [0.2, 0.25) is 5.02 Å². The van der Waals surface area contributed by atoms with E-state index in [-0.39, 0.29) is 12.5 Å². The van der Waals surface area contributed by atoms with Gasteiger partial charge in [0.05, 0.1) is 17.1 Å². The highest BCUT2D eigenvalue weighted by atomic mass is 35.5. The number of carbonyl (C=O) groups is 1. The lowest BCUT2D eigenvalue weighted by molar-refractivity contribution is 0.0784. The molecule has 0 aliphatic carbocycles. The first-order valence-corrected chi connectivity index (χ1v) is 4.90. The number of rotatable bonds is 3. The van der Waals surface area contributed by atoms with Gasteiger partial charge in [-0.05, 0) is 13.0 Å². The molecule has 0 N–H and O–H groups in total. The van der Waals surface area contributed by atoms with Gasteiger partial charge in [0, 0.05) is 18.9 Å². The second-order valence-corrected chi connectivity index (χ2v) is 3.29. The van der Waals surface area contributed by atoms with Gasteiger partial charge in [-0.2, -0.15) is 0 Å². The van der Waals surface area contributed by atoms with Crippen molar-refractivity contribution < 1.29 is 4.79 Å². The summed E-state index contributed by atoms with van der Waals surface area (Å²) in [6, 6.07) is 1.58. The Labute approximate surface area is 94.1 Å². The molecule has 1 heterocycles. The number of hydrogen-bond acceptors (Lipinski definition) is 2. The molecule has 4 heteroatoms. The van der Waals surface area contributed by atoms with E-state index in [1.165, 1.54) is 17.3 Å². The van der Waals surface area contributed by atoms with Crippen LogP contribution in [0.4, 0.5) is 0 Å². The number of halogens is 1. The second-order valence-electron chi connectivity index (χ2n) is 2.88. The minimum Gasteiger partial charge on any atom is -0.328 e. The molecule has 1 amide bonds. The Morgan fingerprint density at radius 2 is 2.47 bits per heavy atom. The normalized spacial score (nSPS) is 9.40. The van der Waals surface area contributed by atoms with Crippen molar-refractivity contribution in [2.45, 2.75) is 6.92 Å². The van der Waals surface area contributed by atoms with Gasteiger partial charge in [0.2, 0.25) is 0 Å². The Hall–Kier alpha value is -1.53. The summed E-state index contributed by atoms with van der Waals surface area (Å²) in [5, 5.41) is 0.394. The van der Waals surface area contributed by atoms with Gasteiger partial charge in [-0.1, -0.05) is 17.5 Å². The minimum absolute atomic E-state index is 0.187. The molecule has 1 aromatic heterocycles. The van der Waals surface area contributed by atoms with Crippen molar-refractivity contribution in [3.05, 3.63) is 29.0 Å². The third kappa shape index (κ3) is 2.71. The van der Waals surface area contributed by atoms with Crippen LogP contribution in [0, 0.1) is 12.3 Å². The predicted octanol–water partition coefficient (Wildman–Crippen LogP) is 1.83. The van der Waals surface area contributed by atoms with Crippen molar-refractivity contribution in [1.29, 1.82) is 0 Å². The van der Waals surface area contributed by atoms with Crippen LogP contribution in [-0.2, 0) is 0 Å². The molecular formula is C11H11ClN2O. The Balaban J connectivity index is 2.94. The Morgan fingerprint density at radius 3 is 3.00 bits per heavy atom. The molecule has 0 atom stereocenters. The zero-order valence-electron chi connectivity index (χ0n) is 8.40. The highest BCUT2D eigenvalue weighted by Gasteiger charge is 2.15. The summed E-state index contributed by atoms with van der Waals surface area (Å²) >= 11 is 5.88. The van der Waals surface area contributed by atoms with E-state index in [2.05, 4.69) is 10.9 Å². The van der Waals surface area contributed by atoms with Crippen LogP contribution in [-0.4, -0.2) is 28.9 Å². The summed E-state index contributed by atoms with van der Waals surface area (Å²) in [4.78, 5) is 17.3. The van der Waals surface area contributed by atoms with E-state index >= 15 is 0 Å². The number of nitrogens with zero attached hydrogens (tertiary/aromatic N) is 2. The summed E-state index contributed by atoms with van der Waals surface area (Å²) in [5.41, 5.74) is 0.385. The summed E-state index contributed by atoms with van der Waals surface area (Å²) in [5.74, 6) is 2.24. The number of aromatic nitrogens is 1. The molecule has 0 spiro atoms. The van der Waals surface area contributed by atoms with Crippen molar-refractivity contribution in [2.24, 2.45) is 0 Å². The highest BCUT2D eigenvalue weighted by molar-refractivity contribution is 6.33. The lowest BCUT2D eigenvalue weighted by Crippen LogP contribution is -2.31. The van der Waals surface area contributed by atoms with E-state index in [0.717, 1.165) is 0 Å². The number of amides is 1. The average Bonchev–Trinajstić information content (AvgIpc) is 2.25. The van der Waals surface area contributed by atoms with Crippen molar-refractivity contribution in [2.75, 3.05) is 13.1 Å². The Morgan fingerprint density at radius 1 is 1.73 bits per heavy atom. The van der Waals surface area contributed by atoms with Crippen LogP contribution in [0.25, 0.3) is 0 Å². The third-order valence-corrected chi connectivity index (χ3v) is 2.28. The van der Waals surface area contributed by atoms with Gasteiger partial charge in [-0.3, -0.25) is 9.78 Å². The van der Waals surface area contributed by atoms with Crippen molar-refractivity contribution in [3.8, 4) is 12.3 Å². The first kappa shape index (κ1) is 11.5. The van der Waals surface area contributed by atoms with Crippen molar-refractivity contribution in [3.63, 3.8) is 0 Å². The monoisotopic (exact) mass is 222 g/mol. The van der Waals surface area contributed by atoms with Gasteiger partial charge in [-0.25, -0.2) is 0 Å². The molecule has 1 aromatic rings. The average molecular weight is 223 g/mol. The van der Waals surface area contributed by atoms with E-state index in [4.69, 9.17) is 18.0 Å². The Kier molecular flexibility index (Phi) is 4.14. The number of hydrogen-bond donors (Lipinski definition) is 0. The molecule has 0 radical (unpaired) electrons. The topological polar surface area (TPSA) is 33.2 Å². The van der Waals surface area contributed by atoms with Gasteiger partial charge < -0.3 is 4.90 Å². The van der Waals surface area contributed by atoms with Gasteiger partial charge in [0.25, 0.3) is 5.91 Å². The van der Waals surface area contributed by atoms with Gasteiger partial charge in [-0.15, -0.1) is 6.42 Å². The van der Waals surface area contributed by atoms with Gasteiger partial charge in [0.1, 0.15) is 0 Å². The zero-order chi connectivity index (χ0) is 11.3. The first-order chi connectivity index (χ1) is 7.20. The summed E-state index contributed by atoms with van der Waals surface area (Å²) in [7, 11) is 0. The maximum Gasteiger partial charge on any atom is 0.257 e. The fraction of sp³-hybridized carbons (Fsp3) is 0.273. The number of carbonyl (C=O) groups excluding carboxylic acids is 1. The van der Waals surface area contributed by atoms with Crippen LogP contribution in [0.15, 0.2) is 18.5 Å². The molecule has 15 heavy (non-hydrogen) atoms. The predicted molar refractivity (Wildman–Crippen MR) is 59.7 cm³/mol. The summed E-state index contributed by atoms with van der Waals surface area (Å²) in [6.45, 7) is 2.69. The zero-order valence-corrected chi connectivity index (χ0v) is 9.16. The van der Waals surface area contributed by atoms with Crippen LogP contribution < -0.4 is 0 Å². The van der Waals surface area contributed by atoms with Crippen LogP contribution in [0.3, 0.4) is 0 Å². The van der Waals surface area contributed by atoms with E-state index < -0.39 is 0 Å². The maximum atomic E-state index is 11.9. The van der Waals surface area contributed by atoms with E-state index in [0.29, 0.717) is 17.1 Å². The molecule has 0 aliphatic heterocycles. The number of pyridine rings is 1. The van der Waals surface area contributed by atoms with Crippen LogP contribution in [0.5, 0.6) is 0 Å². The smallest absolute Gasteiger partial charge is 0.257 e. The maximum absolute atomic E-state index is 11.9. The molecule has 3 nitrogen and oxygen atoms in total. The summed E-state index contributed by atoms with van der Waals surface area (Å²) in [6.07, 6.45) is 8.15. The standard InChI is InChI=1S/C11H11ClN2O/c1-3-7-14(4-2)11(15)9-8-13-6-5-10(9)12/h1,5-6,8H,4,7H2,2H3. The summed E-state index contributed by atoms with van der Waals surface area (Å²) < 4.78 is 0. The van der Waals surface area contributed by atoms with Crippen LogP contribution >= 0.6 is 11.6 Å². The molecule has 1 rings (SSSR count). The third-order valence-electron chi connectivity index (χ3n) is 1.95. The molecular weight excluding hydrogens is 212 g/mol. The molecule has 0 saturated heterocycles. The fourth-order valence-electron chi connectivity index (χ4n) is 1.14. The molecule has 0 saturated carbocycles. The van der Waals surface area contributed by atoms with E-state index in [9.17, 15) is 4.79 Å². The highest BCUT2D eigenvalue weighted by Crippen LogP contribution is 2.15. The quantitative estimate of drug-likeness (QED) is 0.732. The SMILES string of the molecule is C#CCN(CC)C(=O)c1cnccc1Cl. The first-order valence-electron chi connectivity index (χ1n) is 4.53. The molecule has 0 aromatic carbocycles. The van der Waals surface area contributed by atoms with Crippen LogP contribution in [0.1, 0.15) is 17.3 Å². The lowest BCUT2D eigenvalue weighted by Gasteiger charge is -2.18. The van der Waals surface area contributed by atoms with Crippen molar-refractivity contribution in [1.82, 2.24) is 9.88 Å². The van der Waals surface area contributed by atoms with E-state index in [1.807, 2.05) is 6.92 Å². The van der Waals surface area contributed by atoms with Crippen molar-refractivity contribution >= 4 is 17.5 Å².